The Morgan fingerprint density at radius 1 is 1.24 bits per heavy atom. The fraction of sp³-hybridized carbons (Fsp3) is 0.238. The summed E-state index contributed by atoms with van der Waals surface area (Å²) in [6.07, 6.45) is 2.28. The highest BCUT2D eigenvalue weighted by Crippen LogP contribution is 2.30. The van der Waals surface area contributed by atoms with E-state index in [0.717, 1.165) is 16.5 Å². The minimum Gasteiger partial charge on any atom is -0.534 e. The number of nitrogens with two attached hydrogens (primary N) is 1. The number of amides is 1. The van der Waals surface area contributed by atoms with Crippen LogP contribution in [0.4, 0.5) is 0 Å². The lowest BCUT2D eigenvalue weighted by Gasteiger charge is -2.29. The molecule has 29 heavy (non-hydrogen) atoms. The van der Waals surface area contributed by atoms with E-state index < -0.39 is 13.1 Å². The second-order valence-corrected chi connectivity index (χ2v) is 7.18. The van der Waals surface area contributed by atoms with Gasteiger partial charge in [-0.2, -0.15) is 0 Å². The Hall–Kier alpha value is -3.10. The van der Waals surface area contributed by atoms with E-state index in [-0.39, 0.29) is 11.7 Å². The van der Waals surface area contributed by atoms with Gasteiger partial charge in [-0.05, 0) is 43.2 Å². The fourth-order valence-electron chi connectivity index (χ4n) is 3.83. The lowest BCUT2D eigenvalue weighted by molar-refractivity contribution is 0.0940. The number of carbonyl (C=O) groups excluding carboxylic acids is 2. The van der Waals surface area contributed by atoms with E-state index in [0.29, 0.717) is 36.4 Å². The van der Waals surface area contributed by atoms with Gasteiger partial charge in [0.1, 0.15) is 5.75 Å². The van der Waals surface area contributed by atoms with Gasteiger partial charge in [0.05, 0.1) is 11.5 Å². The molecule has 2 aromatic carbocycles. The molecule has 2 heterocycles. The average Bonchev–Trinajstić information content (AvgIpc) is 3.11. The summed E-state index contributed by atoms with van der Waals surface area (Å²) < 4.78 is 7.60. The number of fused-ring (bicyclic) bond motifs is 2. The SMILES string of the molecule is CC(=O)c1cccc2c1OB(O)[C@@H](NC(=O)c1cccc3c1ccn3CCN)C2. The topological polar surface area (TPSA) is 107 Å². The molecule has 0 spiro atoms. The smallest absolute Gasteiger partial charge is 0.534 e. The van der Waals surface area contributed by atoms with Crippen molar-refractivity contribution < 1.29 is 19.3 Å². The molecule has 1 aromatic heterocycles. The number of benzene rings is 2. The highest BCUT2D eigenvalue weighted by molar-refractivity contribution is 6.47. The maximum Gasteiger partial charge on any atom is 0.547 e. The number of aromatic nitrogens is 1. The number of ketones is 1. The van der Waals surface area contributed by atoms with Gasteiger partial charge >= 0.3 is 7.12 Å². The predicted octanol–water partition coefficient (Wildman–Crippen LogP) is 1.56. The molecular formula is C21H22BN3O4. The van der Waals surface area contributed by atoms with Crippen molar-refractivity contribution in [3.05, 3.63) is 65.4 Å². The molecular weight excluding hydrogens is 369 g/mol. The van der Waals surface area contributed by atoms with Crippen LogP contribution in [0.2, 0.25) is 0 Å². The van der Waals surface area contributed by atoms with Gasteiger partial charge in [0.2, 0.25) is 0 Å². The Bertz CT molecular complexity index is 1090. The van der Waals surface area contributed by atoms with Crippen molar-refractivity contribution in [2.24, 2.45) is 5.73 Å². The summed E-state index contributed by atoms with van der Waals surface area (Å²) in [7, 11) is -1.24. The van der Waals surface area contributed by atoms with Crippen molar-refractivity contribution in [3.8, 4) is 5.75 Å². The number of Topliss-reactive ketones (excluding diaryl/α,β-unsaturated/α-hetero) is 1. The standard InChI is InChI=1S/C21H22BN3O4/c1-13(26)15-5-2-4-14-12-19(22(28)29-20(14)15)24-21(27)17-6-3-7-18-16(17)8-10-25(18)11-9-23/h2-8,10,19,28H,9,11-12,23H2,1H3,(H,24,27)/t19-/m0/s1. The Balaban J connectivity index is 1.59. The van der Waals surface area contributed by atoms with E-state index in [1.807, 2.05) is 35.0 Å². The summed E-state index contributed by atoms with van der Waals surface area (Å²) in [4.78, 5) is 24.8. The quantitative estimate of drug-likeness (QED) is 0.452. The molecule has 4 N–H and O–H groups in total. The second-order valence-electron chi connectivity index (χ2n) is 7.18. The zero-order valence-electron chi connectivity index (χ0n) is 16.1. The molecule has 0 fully saturated rings. The molecule has 7 nitrogen and oxygen atoms in total. The molecule has 1 atom stereocenters. The third-order valence-electron chi connectivity index (χ3n) is 5.24. The van der Waals surface area contributed by atoms with Crippen molar-refractivity contribution in [1.29, 1.82) is 0 Å². The van der Waals surface area contributed by atoms with Crippen LogP contribution in [0.1, 0.15) is 33.2 Å². The molecule has 0 bridgehead atoms. The van der Waals surface area contributed by atoms with Crippen molar-refractivity contribution >= 4 is 29.7 Å². The summed E-state index contributed by atoms with van der Waals surface area (Å²) in [6, 6.07) is 12.7. The normalized spacial score (nSPS) is 15.7. The van der Waals surface area contributed by atoms with Gasteiger partial charge in [0, 0.05) is 35.8 Å². The summed E-state index contributed by atoms with van der Waals surface area (Å²) in [5.41, 5.74) is 8.31. The van der Waals surface area contributed by atoms with Gasteiger partial charge in [0.15, 0.2) is 5.78 Å². The van der Waals surface area contributed by atoms with Gasteiger partial charge in [0.25, 0.3) is 5.91 Å². The number of nitrogens with one attached hydrogen (secondary N) is 1. The number of carbonyl (C=O) groups is 2. The Labute approximate surface area is 168 Å². The number of hydrogen-bond acceptors (Lipinski definition) is 5. The van der Waals surface area contributed by atoms with Gasteiger partial charge in [-0.1, -0.05) is 18.2 Å². The van der Waals surface area contributed by atoms with E-state index in [1.165, 1.54) is 6.92 Å². The van der Waals surface area contributed by atoms with E-state index in [9.17, 15) is 14.6 Å². The van der Waals surface area contributed by atoms with E-state index in [4.69, 9.17) is 10.4 Å². The van der Waals surface area contributed by atoms with Gasteiger partial charge in [-0.3, -0.25) is 9.59 Å². The zero-order valence-corrected chi connectivity index (χ0v) is 16.1. The van der Waals surface area contributed by atoms with E-state index in [2.05, 4.69) is 5.32 Å². The van der Waals surface area contributed by atoms with Crippen LogP contribution in [0.15, 0.2) is 48.7 Å². The van der Waals surface area contributed by atoms with Gasteiger partial charge in [-0.15, -0.1) is 0 Å². The molecule has 0 saturated heterocycles. The fourth-order valence-corrected chi connectivity index (χ4v) is 3.83. The molecule has 0 radical (unpaired) electrons. The largest absolute Gasteiger partial charge is 0.547 e. The molecule has 8 heteroatoms. The number of para-hydroxylation sites is 1. The molecule has 0 unspecified atom stereocenters. The van der Waals surface area contributed by atoms with Gasteiger partial charge < -0.3 is 25.3 Å². The monoisotopic (exact) mass is 391 g/mol. The van der Waals surface area contributed by atoms with Crippen molar-refractivity contribution in [1.82, 2.24) is 9.88 Å². The molecule has 1 aliphatic heterocycles. The highest BCUT2D eigenvalue weighted by atomic mass is 16.5. The van der Waals surface area contributed by atoms with Crippen LogP contribution in [0.25, 0.3) is 10.9 Å². The molecule has 3 aromatic rings. The maximum absolute atomic E-state index is 13.0. The number of hydrogen-bond donors (Lipinski definition) is 3. The van der Waals surface area contributed by atoms with Crippen LogP contribution in [0.3, 0.4) is 0 Å². The lowest BCUT2D eigenvalue weighted by atomic mass is 9.72. The first kappa shape index (κ1) is 19.2. The third kappa shape index (κ3) is 3.52. The minimum absolute atomic E-state index is 0.134. The Morgan fingerprint density at radius 2 is 2.00 bits per heavy atom. The van der Waals surface area contributed by atoms with Crippen LogP contribution in [-0.2, 0) is 13.0 Å². The molecule has 1 amide bonds. The average molecular weight is 391 g/mol. The number of rotatable bonds is 5. The van der Waals surface area contributed by atoms with Crippen LogP contribution in [-0.4, -0.2) is 40.9 Å². The van der Waals surface area contributed by atoms with Crippen LogP contribution in [0, 0.1) is 0 Å². The van der Waals surface area contributed by atoms with E-state index >= 15 is 0 Å². The summed E-state index contributed by atoms with van der Waals surface area (Å²) in [6.45, 7) is 2.63. The van der Waals surface area contributed by atoms with Crippen molar-refractivity contribution in [3.63, 3.8) is 0 Å². The minimum atomic E-state index is -1.24. The van der Waals surface area contributed by atoms with Crippen molar-refractivity contribution in [2.45, 2.75) is 25.8 Å². The summed E-state index contributed by atoms with van der Waals surface area (Å²) in [5.74, 6) is -0.664. The first-order chi connectivity index (χ1) is 14.0. The Kier molecular flexibility index (Phi) is 5.13. The summed E-state index contributed by atoms with van der Waals surface area (Å²) in [5, 5.41) is 14.1. The third-order valence-corrected chi connectivity index (χ3v) is 5.24. The van der Waals surface area contributed by atoms with E-state index in [1.54, 1.807) is 18.2 Å². The van der Waals surface area contributed by atoms with Crippen molar-refractivity contribution in [2.75, 3.05) is 6.54 Å². The predicted molar refractivity (Wildman–Crippen MR) is 111 cm³/mol. The first-order valence-corrected chi connectivity index (χ1v) is 9.56. The van der Waals surface area contributed by atoms with Crippen LogP contribution in [0.5, 0.6) is 5.75 Å². The second kappa shape index (κ2) is 7.73. The molecule has 0 aliphatic carbocycles. The summed E-state index contributed by atoms with van der Waals surface area (Å²) >= 11 is 0. The molecule has 0 saturated carbocycles. The van der Waals surface area contributed by atoms with Crippen LogP contribution >= 0.6 is 0 Å². The molecule has 1 aliphatic rings. The maximum atomic E-state index is 13.0. The first-order valence-electron chi connectivity index (χ1n) is 9.56. The highest BCUT2D eigenvalue weighted by Gasteiger charge is 2.37. The molecule has 148 valence electrons. The Morgan fingerprint density at radius 3 is 2.76 bits per heavy atom. The zero-order chi connectivity index (χ0) is 20.5. The molecule has 4 rings (SSSR count). The van der Waals surface area contributed by atoms with Crippen LogP contribution < -0.4 is 15.7 Å². The number of nitrogens with zero attached hydrogens (tertiary/aromatic N) is 1. The lowest BCUT2D eigenvalue weighted by Crippen LogP contribution is -2.53. The van der Waals surface area contributed by atoms with Gasteiger partial charge in [-0.25, -0.2) is 0 Å².